The average molecular weight is 370 g/mol. The fraction of sp³-hybridized carbons (Fsp3) is 0.647. The van der Waals surface area contributed by atoms with Crippen LogP contribution in [-0.2, 0) is 10.0 Å². The highest BCUT2D eigenvalue weighted by molar-refractivity contribution is 7.92. The molecule has 7 nitrogen and oxygen atoms in total. The van der Waals surface area contributed by atoms with Gasteiger partial charge in [-0.15, -0.1) is 0 Å². The van der Waals surface area contributed by atoms with Crippen LogP contribution in [0.3, 0.4) is 0 Å². The second-order valence-electron chi connectivity index (χ2n) is 7.20. The standard InChI is InChI=1S/C17H26N2O5S/c1-11(2)17-12(3)6-5-7-15(17)24-16-10-13(19(20)21)8-9-14(16)18-25(4,22)23/h8-12,15,17-18H,5-7H2,1-4H3. The lowest BCUT2D eigenvalue weighted by molar-refractivity contribution is -0.384. The van der Waals surface area contributed by atoms with Crippen LogP contribution in [0, 0.1) is 27.9 Å². The van der Waals surface area contributed by atoms with Crippen molar-refractivity contribution in [1.82, 2.24) is 0 Å². The molecule has 3 unspecified atom stereocenters. The van der Waals surface area contributed by atoms with Gasteiger partial charge in [0.15, 0.2) is 5.75 Å². The summed E-state index contributed by atoms with van der Waals surface area (Å²) in [6.07, 6.45) is 3.96. The van der Waals surface area contributed by atoms with Gasteiger partial charge in [0, 0.05) is 12.0 Å². The molecule has 0 saturated heterocycles. The van der Waals surface area contributed by atoms with E-state index >= 15 is 0 Å². The van der Waals surface area contributed by atoms with Gasteiger partial charge >= 0.3 is 0 Å². The fourth-order valence-electron chi connectivity index (χ4n) is 3.79. The van der Waals surface area contributed by atoms with Crippen molar-refractivity contribution in [1.29, 1.82) is 0 Å². The molecular weight excluding hydrogens is 344 g/mol. The molecule has 0 radical (unpaired) electrons. The number of ether oxygens (including phenoxy) is 1. The first-order chi connectivity index (χ1) is 11.6. The van der Waals surface area contributed by atoms with E-state index in [1.165, 1.54) is 18.2 Å². The van der Waals surface area contributed by atoms with Gasteiger partial charge in [-0.2, -0.15) is 0 Å². The number of non-ortho nitro benzene ring substituents is 1. The summed E-state index contributed by atoms with van der Waals surface area (Å²) in [5.74, 6) is 1.43. The zero-order valence-corrected chi connectivity index (χ0v) is 15.9. The van der Waals surface area contributed by atoms with E-state index < -0.39 is 14.9 Å². The second kappa shape index (κ2) is 7.59. The molecule has 1 aromatic rings. The van der Waals surface area contributed by atoms with E-state index in [2.05, 4.69) is 25.5 Å². The first kappa shape index (κ1) is 19.5. The van der Waals surface area contributed by atoms with Crippen LogP contribution in [0.25, 0.3) is 0 Å². The van der Waals surface area contributed by atoms with E-state index in [0.29, 0.717) is 17.8 Å². The number of benzene rings is 1. The normalized spacial score (nSPS) is 24.1. The van der Waals surface area contributed by atoms with Gasteiger partial charge in [-0.25, -0.2) is 8.42 Å². The average Bonchev–Trinajstić information content (AvgIpc) is 2.47. The third-order valence-electron chi connectivity index (χ3n) is 4.75. The molecule has 3 atom stereocenters. The number of hydrogen-bond donors (Lipinski definition) is 1. The summed E-state index contributed by atoms with van der Waals surface area (Å²) < 4.78 is 31.7. The number of sulfonamides is 1. The Morgan fingerprint density at radius 1 is 1.32 bits per heavy atom. The molecule has 0 amide bonds. The van der Waals surface area contributed by atoms with Crippen molar-refractivity contribution < 1.29 is 18.1 Å². The smallest absolute Gasteiger partial charge is 0.273 e. The highest BCUT2D eigenvalue weighted by atomic mass is 32.2. The second-order valence-corrected chi connectivity index (χ2v) is 8.95. The van der Waals surface area contributed by atoms with Crippen LogP contribution in [0.1, 0.15) is 40.0 Å². The summed E-state index contributed by atoms with van der Waals surface area (Å²) in [6.45, 7) is 6.49. The maximum absolute atomic E-state index is 11.6. The number of nitrogens with one attached hydrogen (secondary N) is 1. The lowest BCUT2D eigenvalue weighted by atomic mass is 9.72. The molecule has 2 rings (SSSR count). The summed E-state index contributed by atoms with van der Waals surface area (Å²) >= 11 is 0. The number of nitrogens with zero attached hydrogens (tertiary/aromatic N) is 1. The SMILES string of the molecule is CC(C)C1C(C)CCCC1Oc1cc([N+](=O)[O-])ccc1NS(C)(=O)=O. The van der Waals surface area contributed by atoms with Crippen LogP contribution in [0.2, 0.25) is 0 Å². The van der Waals surface area contributed by atoms with E-state index in [1.807, 2.05) is 0 Å². The molecule has 1 aliphatic rings. The monoisotopic (exact) mass is 370 g/mol. The van der Waals surface area contributed by atoms with Gasteiger partial charge in [0.05, 0.1) is 22.9 Å². The van der Waals surface area contributed by atoms with Crippen molar-refractivity contribution in [2.45, 2.75) is 46.1 Å². The number of nitro groups is 1. The molecular formula is C17H26N2O5S. The van der Waals surface area contributed by atoms with Crippen molar-refractivity contribution in [2.75, 3.05) is 11.0 Å². The van der Waals surface area contributed by atoms with E-state index in [1.54, 1.807) is 0 Å². The fourth-order valence-corrected chi connectivity index (χ4v) is 4.35. The van der Waals surface area contributed by atoms with E-state index in [0.717, 1.165) is 25.5 Å². The van der Waals surface area contributed by atoms with Crippen LogP contribution < -0.4 is 9.46 Å². The number of anilines is 1. The minimum Gasteiger partial charge on any atom is -0.488 e. The molecule has 1 fully saturated rings. The molecule has 1 saturated carbocycles. The van der Waals surface area contributed by atoms with Gasteiger partial charge in [0.1, 0.15) is 6.10 Å². The van der Waals surface area contributed by atoms with Gasteiger partial charge in [0.2, 0.25) is 10.0 Å². The lowest BCUT2D eigenvalue weighted by Crippen LogP contribution is -2.38. The molecule has 8 heteroatoms. The number of nitro benzene ring substituents is 1. The van der Waals surface area contributed by atoms with E-state index in [4.69, 9.17) is 4.74 Å². The molecule has 0 spiro atoms. The van der Waals surface area contributed by atoms with E-state index in [9.17, 15) is 18.5 Å². The van der Waals surface area contributed by atoms with Crippen molar-refractivity contribution in [2.24, 2.45) is 17.8 Å². The van der Waals surface area contributed by atoms with Gasteiger partial charge in [-0.3, -0.25) is 14.8 Å². The largest absolute Gasteiger partial charge is 0.488 e. The van der Waals surface area contributed by atoms with Crippen molar-refractivity contribution in [3.63, 3.8) is 0 Å². The molecule has 0 bridgehead atoms. The van der Waals surface area contributed by atoms with Crippen molar-refractivity contribution in [3.8, 4) is 5.75 Å². The number of hydrogen-bond acceptors (Lipinski definition) is 5. The minimum atomic E-state index is -3.51. The lowest BCUT2D eigenvalue weighted by Gasteiger charge is -2.39. The van der Waals surface area contributed by atoms with Gasteiger partial charge in [-0.05, 0) is 30.7 Å². The molecule has 0 heterocycles. The zero-order valence-electron chi connectivity index (χ0n) is 15.1. The Morgan fingerprint density at radius 3 is 2.56 bits per heavy atom. The third kappa shape index (κ3) is 5.07. The van der Waals surface area contributed by atoms with Crippen LogP contribution in [0.15, 0.2) is 18.2 Å². The molecule has 1 aromatic carbocycles. The van der Waals surface area contributed by atoms with Gasteiger partial charge in [0.25, 0.3) is 5.69 Å². The molecule has 0 aliphatic heterocycles. The summed E-state index contributed by atoms with van der Waals surface area (Å²) in [5.41, 5.74) is 0.104. The maximum Gasteiger partial charge on any atom is 0.273 e. The topological polar surface area (TPSA) is 98.5 Å². The zero-order chi connectivity index (χ0) is 18.8. The van der Waals surface area contributed by atoms with Gasteiger partial charge < -0.3 is 4.74 Å². The molecule has 1 aliphatic carbocycles. The Balaban J connectivity index is 2.37. The third-order valence-corrected chi connectivity index (χ3v) is 5.34. The van der Waals surface area contributed by atoms with Crippen LogP contribution in [0.5, 0.6) is 5.75 Å². The first-order valence-corrected chi connectivity index (χ1v) is 10.4. The molecule has 140 valence electrons. The van der Waals surface area contributed by atoms with Crippen LogP contribution >= 0.6 is 0 Å². The van der Waals surface area contributed by atoms with Crippen molar-refractivity contribution >= 4 is 21.4 Å². The first-order valence-electron chi connectivity index (χ1n) is 8.51. The summed E-state index contributed by atoms with van der Waals surface area (Å²) in [7, 11) is -3.51. The van der Waals surface area contributed by atoms with E-state index in [-0.39, 0.29) is 23.2 Å². The number of rotatable bonds is 6. The predicted molar refractivity (Wildman–Crippen MR) is 97.3 cm³/mol. The van der Waals surface area contributed by atoms with Gasteiger partial charge in [-0.1, -0.05) is 27.2 Å². The molecule has 1 N–H and O–H groups in total. The Bertz CT molecular complexity index is 733. The van der Waals surface area contributed by atoms with Crippen LogP contribution in [-0.4, -0.2) is 25.7 Å². The van der Waals surface area contributed by atoms with Crippen molar-refractivity contribution in [3.05, 3.63) is 28.3 Å². The van der Waals surface area contributed by atoms with Crippen LogP contribution in [0.4, 0.5) is 11.4 Å². The Hall–Kier alpha value is -1.83. The Morgan fingerprint density at radius 2 is 2.00 bits per heavy atom. The predicted octanol–water partition coefficient (Wildman–Crippen LogP) is 3.81. The summed E-state index contributed by atoms with van der Waals surface area (Å²) in [4.78, 5) is 10.6. The molecule has 0 aromatic heterocycles. The highest BCUT2D eigenvalue weighted by Gasteiger charge is 2.35. The maximum atomic E-state index is 11.6. The highest BCUT2D eigenvalue weighted by Crippen LogP contribution is 2.39. The Kier molecular flexibility index (Phi) is 5.92. The summed E-state index contributed by atoms with van der Waals surface area (Å²) in [6, 6.07) is 3.94. The molecule has 25 heavy (non-hydrogen) atoms. The minimum absolute atomic E-state index is 0.0918. The summed E-state index contributed by atoms with van der Waals surface area (Å²) in [5, 5.41) is 11.1. The quantitative estimate of drug-likeness (QED) is 0.606. The Labute approximate surface area is 149 Å².